The topological polar surface area (TPSA) is 106 Å². The number of nitrogens with zero attached hydrogens (tertiary/aromatic N) is 2. The van der Waals surface area contributed by atoms with E-state index in [1.807, 2.05) is 0 Å². The van der Waals surface area contributed by atoms with E-state index in [0.29, 0.717) is 30.6 Å². The number of aliphatic hydroxyl groups excluding tert-OH is 2. The van der Waals surface area contributed by atoms with E-state index in [4.69, 9.17) is 4.74 Å². The van der Waals surface area contributed by atoms with E-state index >= 15 is 0 Å². The predicted octanol–water partition coefficient (Wildman–Crippen LogP) is 0.268. The summed E-state index contributed by atoms with van der Waals surface area (Å²) < 4.78 is 18.4. The zero-order valence-electron chi connectivity index (χ0n) is 16.5. The van der Waals surface area contributed by atoms with Crippen LogP contribution in [-0.2, 0) is 9.53 Å². The van der Waals surface area contributed by atoms with Gasteiger partial charge in [0.15, 0.2) is 5.17 Å². The van der Waals surface area contributed by atoms with Gasteiger partial charge in [-0.1, -0.05) is 11.8 Å². The summed E-state index contributed by atoms with van der Waals surface area (Å²) in [6, 6.07) is 5.32. The predicted molar refractivity (Wildman–Crippen MR) is 113 cm³/mol. The van der Waals surface area contributed by atoms with Crippen molar-refractivity contribution in [3.05, 3.63) is 30.1 Å². The number of benzene rings is 1. The zero-order chi connectivity index (χ0) is 21.1. The average molecular weight is 439 g/mol. The highest BCUT2D eigenvalue weighted by Crippen LogP contribution is 2.41. The number of halogens is 1. The molecule has 1 aromatic rings. The summed E-state index contributed by atoms with van der Waals surface area (Å²) in [7, 11) is 0. The van der Waals surface area contributed by atoms with Gasteiger partial charge in [-0.05, 0) is 30.7 Å². The highest BCUT2D eigenvalue weighted by atomic mass is 32.2. The molecule has 5 atom stereocenters. The van der Waals surface area contributed by atoms with Gasteiger partial charge < -0.3 is 25.6 Å². The lowest BCUT2D eigenvalue weighted by atomic mass is 9.81. The summed E-state index contributed by atoms with van der Waals surface area (Å²) in [6.07, 6.45) is -1.83. The van der Waals surface area contributed by atoms with Gasteiger partial charge in [0.2, 0.25) is 5.91 Å². The molecule has 1 aliphatic carbocycles. The number of anilines is 1. The number of hydrogen-bond acceptors (Lipinski definition) is 8. The molecule has 1 saturated heterocycles. The van der Waals surface area contributed by atoms with Crippen LogP contribution in [0.3, 0.4) is 0 Å². The lowest BCUT2D eigenvalue weighted by molar-refractivity contribution is -0.129. The number of aliphatic hydroxyl groups is 2. The molecule has 10 heteroatoms. The van der Waals surface area contributed by atoms with Gasteiger partial charge in [0.25, 0.3) is 0 Å². The molecule has 2 aliphatic heterocycles. The minimum absolute atomic E-state index is 0.130. The molecule has 0 spiro atoms. The maximum Gasteiger partial charge on any atom is 0.224 e. The zero-order valence-corrected chi connectivity index (χ0v) is 17.4. The van der Waals surface area contributed by atoms with Crippen molar-refractivity contribution in [3.8, 4) is 0 Å². The molecule has 164 valence electrons. The summed E-state index contributed by atoms with van der Waals surface area (Å²) in [6.45, 7) is 4.41. The third-order valence-electron chi connectivity index (χ3n) is 5.75. The number of hydrogen-bond donors (Lipinski definition) is 4. The number of carbonyl (C=O) groups is 1. The normalized spacial score (nSPS) is 31.7. The fraction of sp³-hybridized carbons (Fsp3) is 0.600. The van der Waals surface area contributed by atoms with Gasteiger partial charge in [0.1, 0.15) is 11.9 Å². The largest absolute Gasteiger partial charge is 0.390 e. The first-order valence-electron chi connectivity index (χ1n) is 10.2. The Kier molecular flexibility index (Phi) is 6.89. The van der Waals surface area contributed by atoms with E-state index in [-0.39, 0.29) is 23.4 Å². The van der Waals surface area contributed by atoms with E-state index in [0.717, 1.165) is 19.6 Å². The molecule has 1 amide bonds. The number of fused-ring (bicyclic) bond motifs is 1. The van der Waals surface area contributed by atoms with Crippen LogP contribution in [0.5, 0.6) is 0 Å². The van der Waals surface area contributed by atoms with Crippen LogP contribution >= 0.6 is 11.8 Å². The number of amides is 1. The molecule has 1 aromatic carbocycles. The van der Waals surface area contributed by atoms with Crippen molar-refractivity contribution in [1.82, 2.24) is 10.2 Å². The Labute approximate surface area is 178 Å². The number of carbonyl (C=O) groups excluding carboxylic acids is 1. The van der Waals surface area contributed by atoms with Gasteiger partial charge in [-0.15, -0.1) is 0 Å². The van der Waals surface area contributed by atoms with Gasteiger partial charge in [-0.25, -0.2) is 4.39 Å². The number of morpholine rings is 1. The number of ether oxygens (including phenoxy) is 1. The van der Waals surface area contributed by atoms with Crippen LogP contribution in [0.2, 0.25) is 0 Å². The van der Waals surface area contributed by atoms with Gasteiger partial charge in [-0.3, -0.25) is 14.7 Å². The summed E-state index contributed by atoms with van der Waals surface area (Å²) in [4.78, 5) is 19.6. The molecule has 30 heavy (non-hydrogen) atoms. The average Bonchev–Trinajstić information content (AvgIpc) is 3.17. The molecule has 3 aliphatic rings. The molecule has 0 radical (unpaired) electrons. The van der Waals surface area contributed by atoms with Crippen LogP contribution in [-0.4, -0.2) is 89.1 Å². The lowest BCUT2D eigenvalue weighted by Crippen LogP contribution is -2.54. The number of aliphatic imine (C=N–C) groups is 1. The summed E-state index contributed by atoms with van der Waals surface area (Å²) in [5, 5.41) is 27.1. The van der Waals surface area contributed by atoms with Crippen molar-refractivity contribution >= 4 is 28.5 Å². The van der Waals surface area contributed by atoms with Crippen molar-refractivity contribution in [3.63, 3.8) is 0 Å². The Balaban J connectivity index is 1.36. The first-order chi connectivity index (χ1) is 14.5. The minimum atomic E-state index is -1.02. The van der Waals surface area contributed by atoms with Crippen molar-refractivity contribution in [1.29, 1.82) is 0 Å². The first kappa shape index (κ1) is 21.5. The lowest BCUT2D eigenvalue weighted by Gasteiger charge is -2.37. The summed E-state index contributed by atoms with van der Waals surface area (Å²) in [5.41, 5.74) is 0.669. The molecule has 4 rings (SSSR count). The van der Waals surface area contributed by atoms with Gasteiger partial charge in [0.05, 0.1) is 31.3 Å². The van der Waals surface area contributed by atoms with Gasteiger partial charge in [0, 0.05) is 37.1 Å². The third kappa shape index (κ3) is 4.94. The molecule has 1 saturated carbocycles. The number of amidine groups is 1. The number of rotatable bonds is 5. The maximum absolute atomic E-state index is 13.1. The Morgan fingerprint density at radius 2 is 2.00 bits per heavy atom. The van der Waals surface area contributed by atoms with Crippen molar-refractivity contribution in [2.75, 3.05) is 44.7 Å². The van der Waals surface area contributed by atoms with Crippen molar-refractivity contribution in [2.45, 2.75) is 29.9 Å². The second-order valence-corrected chi connectivity index (χ2v) is 8.95. The van der Waals surface area contributed by atoms with E-state index < -0.39 is 24.2 Å². The van der Waals surface area contributed by atoms with Crippen LogP contribution in [0.1, 0.15) is 6.42 Å². The standard InChI is InChI=1S/C20H27FN4O4S/c21-12-1-3-13(4-2-12)23-20-24-16-17(27)15(26)11-14(18(16)30-20)19(28)22-5-6-25-7-9-29-10-8-25/h1-4,14-18,26-27H,5-11H2,(H,22,28)(H,23,24). The SMILES string of the molecule is O=C(NCCN1CCOCC1)C1CC(O)C(O)C2N=C(Nc3ccc(F)cc3)SC12. The van der Waals surface area contributed by atoms with Gasteiger partial charge in [-0.2, -0.15) is 0 Å². The monoisotopic (exact) mass is 438 g/mol. The molecule has 2 heterocycles. The van der Waals surface area contributed by atoms with Crippen LogP contribution in [0, 0.1) is 11.7 Å². The Morgan fingerprint density at radius 3 is 2.73 bits per heavy atom. The molecule has 4 N–H and O–H groups in total. The molecular weight excluding hydrogens is 411 g/mol. The van der Waals surface area contributed by atoms with Crippen LogP contribution in [0.4, 0.5) is 10.1 Å². The fourth-order valence-electron chi connectivity index (χ4n) is 4.06. The van der Waals surface area contributed by atoms with E-state index in [1.165, 1.54) is 23.9 Å². The maximum atomic E-state index is 13.1. The fourth-order valence-corrected chi connectivity index (χ4v) is 5.44. The molecule has 8 nitrogen and oxygen atoms in total. The van der Waals surface area contributed by atoms with Crippen LogP contribution in [0.25, 0.3) is 0 Å². The first-order valence-corrected chi connectivity index (χ1v) is 11.1. The van der Waals surface area contributed by atoms with E-state index in [9.17, 15) is 19.4 Å². The van der Waals surface area contributed by atoms with E-state index in [1.54, 1.807) is 12.1 Å². The number of nitrogens with one attached hydrogen (secondary N) is 2. The van der Waals surface area contributed by atoms with Gasteiger partial charge >= 0.3 is 0 Å². The molecule has 0 bridgehead atoms. The second-order valence-electron chi connectivity index (χ2n) is 7.78. The smallest absolute Gasteiger partial charge is 0.224 e. The molecule has 2 fully saturated rings. The summed E-state index contributed by atoms with van der Waals surface area (Å²) >= 11 is 1.38. The molecule has 0 aromatic heterocycles. The van der Waals surface area contributed by atoms with Crippen LogP contribution < -0.4 is 10.6 Å². The van der Waals surface area contributed by atoms with Crippen molar-refractivity contribution in [2.24, 2.45) is 10.9 Å². The van der Waals surface area contributed by atoms with E-state index in [2.05, 4.69) is 20.5 Å². The molecular formula is C20H27FN4O4S. The Bertz CT molecular complexity index is 775. The molecule has 5 unspecified atom stereocenters. The second kappa shape index (κ2) is 9.61. The minimum Gasteiger partial charge on any atom is -0.390 e. The highest BCUT2D eigenvalue weighted by Gasteiger charge is 2.50. The van der Waals surface area contributed by atoms with Crippen LogP contribution in [0.15, 0.2) is 29.3 Å². The Morgan fingerprint density at radius 1 is 1.27 bits per heavy atom. The van der Waals surface area contributed by atoms with Crippen molar-refractivity contribution < 1.29 is 24.1 Å². The Hall–Kier alpha value is -1.72. The summed E-state index contributed by atoms with van der Waals surface area (Å²) in [5.74, 6) is -0.920. The highest BCUT2D eigenvalue weighted by molar-refractivity contribution is 8.15. The quantitative estimate of drug-likeness (QED) is 0.523. The third-order valence-corrected chi connectivity index (χ3v) is 7.06. The number of thioether (sulfide) groups is 1.